The summed E-state index contributed by atoms with van der Waals surface area (Å²) in [6, 6.07) is 5.60. The van der Waals surface area contributed by atoms with Crippen LogP contribution in [0.15, 0.2) is 24.3 Å². The van der Waals surface area contributed by atoms with E-state index in [-0.39, 0.29) is 11.6 Å². The molecule has 1 saturated heterocycles. The zero-order valence-electron chi connectivity index (χ0n) is 9.32. The zero-order chi connectivity index (χ0) is 12.3. The highest BCUT2D eigenvalue weighted by atomic mass is 32.2. The van der Waals surface area contributed by atoms with Gasteiger partial charge in [0.15, 0.2) is 0 Å². The predicted octanol–water partition coefficient (Wildman–Crippen LogP) is 1.32. The summed E-state index contributed by atoms with van der Waals surface area (Å²) >= 11 is 0. The summed E-state index contributed by atoms with van der Waals surface area (Å²) in [6.07, 6.45) is 1.64. The number of rotatable bonds is 5. The first kappa shape index (κ1) is 12.3. The molecule has 94 valence electrons. The van der Waals surface area contributed by atoms with Crippen molar-refractivity contribution in [1.82, 2.24) is 5.32 Å². The number of hydrogen-bond acceptors (Lipinski definition) is 3. The lowest BCUT2D eigenvalue weighted by Gasteiger charge is -2.27. The van der Waals surface area contributed by atoms with Crippen LogP contribution in [-0.4, -0.2) is 26.8 Å². The van der Waals surface area contributed by atoms with E-state index in [9.17, 15) is 12.8 Å². The van der Waals surface area contributed by atoms with Crippen LogP contribution in [0.2, 0.25) is 0 Å². The average molecular weight is 258 g/mol. The Morgan fingerprint density at radius 2 is 2.00 bits per heavy atom. The van der Waals surface area contributed by atoms with Gasteiger partial charge < -0.3 is 5.32 Å². The topological polar surface area (TPSA) is 58.2 Å². The van der Waals surface area contributed by atoms with E-state index >= 15 is 0 Å². The largest absolute Gasteiger partial charge is 0.314 e. The normalized spacial score (nSPS) is 19.7. The molecule has 0 aromatic heterocycles. The fourth-order valence-corrected chi connectivity index (χ4v) is 2.83. The second-order valence-electron chi connectivity index (χ2n) is 4.16. The number of hydrogen-bond donors (Lipinski definition) is 2. The monoisotopic (exact) mass is 258 g/mol. The van der Waals surface area contributed by atoms with E-state index in [0.717, 1.165) is 13.0 Å². The number of anilines is 1. The molecule has 17 heavy (non-hydrogen) atoms. The highest BCUT2D eigenvalue weighted by Crippen LogP contribution is 2.13. The number of halogens is 1. The molecule has 6 heteroatoms. The fourth-order valence-electron chi connectivity index (χ4n) is 1.64. The van der Waals surface area contributed by atoms with Crippen LogP contribution in [0.4, 0.5) is 10.1 Å². The number of benzene rings is 1. The van der Waals surface area contributed by atoms with Gasteiger partial charge in [0.1, 0.15) is 5.82 Å². The van der Waals surface area contributed by atoms with Crippen molar-refractivity contribution in [1.29, 1.82) is 0 Å². The third kappa shape index (κ3) is 3.67. The van der Waals surface area contributed by atoms with Crippen LogP contribution in [0.1, 0.15) is 12.8 Å². The van der Waals surface area contributed by atoms with Gasteiger partial charge in [0.05, 0.1) is 5.75 Å². The van der Waals surface area contributed by atoms with Gasteiger partial charge in [-0.25, -0.2) is 12.8 Å². The van der Waals surface area contributed by atoms with Crippen molar-refractivity contribution in [3.8, 4) is 0 Å². The molecule has 1 unspecified atom stereocenters. The Labute approximate surface area is 100 Å². The Hall–Kier alpha value is -1.14. The number of sulfonamides is 1. The summed E-state index contributed by atoms with van der Waals surface area (Å²) in [5.74, 6) is -0.297. The Kier molecular flexibility index (Phi) is 3.63. The van der Waals surface area contributed by atoms with E-state index in [4.69, 9.17) is 0 Å². The van der Waals surface area contributed by atoms with E-state index in [1.54, 1.807) is 0 Å². The molecule has 1 aromatic carbocycles. The highest BCUT2D eigenvalue weighted by Gasteiger charge is 2.19. The molecule has 0 radical (unpaired) electrons. The quantitative estimate of drug-likeness (QED) is 0.837. The van der Waals surface area contributed by atoms with Crippen LogP contribution in [0, 0.1) is 5.82 Å². The van der Waals surface area contributed by atoms with Gasteiger partial charge >= 0.3 is 0 Å². The van der Waals surface area contributed by atoms with Crippen LogP contribution < -0.4 is 10.0 Å². The van der Waals surface area contributed by atoms with E-state index in [1.807, 2.05) is 0 Å². The molecule has 1 aromatic rings. The van der Waals surface area contributed by atoms with E-state index in [0.29, 0.717) is 18.2 Å². The highest BCUT2D eigenvalue weighted by molar-refractivity contribution is 7.92. The molecule has 1 fully saturated rings. The summed E-state index contributed by atoms with van der Waals surface area (Å²) in [4.78, 5) is 0. The summed E-state index contributed by atoms with van der Waals surface area (Å²) in [7, 11) is -3.33. The fraction of sp³-hybridized carbons (Fsp3) is 0.455. The van der Waals surface area contributed by atoms with Gasteiger partial charge in [-0.3, -0.25) is 4.72 Å². The standard InChI is InChI=1S/C11H15FN2O2S/c12-9-1-3-11(4-2-9)14-17(15,16)8-6-10-5-7-13-10/h1-4,10,13-14H,5-8H2. The van der Waals surface area contributed by atoms with Crippen LogP contribution in [0.25, 0.3) is 0 Å². The maximum atomic E-state index is 12.6. The molecule has 4 nitrogen and oxygen atoms in total. The first-order chi connectivity index (χ1) is 8.05. The van der Waals surface area contributed by atoms with Gasteiger partial charge in [0.2, 0.25) is 10.0 Å². The maximum absolute atomic E-state index is 12.6. The van der Waals surface area contributed by atoms with Crippen LogP contribution in [0.5, 0.6) is 0 Å². The lowest BCUT2D eigenvalue weighted by atomic mass is 10.1. The number of nitrogens with one attached hydrogen (secondary N) is 2. The maximum Gasteiger partial charge on any atom is 0.232 e. The van der Waals surface area contributed by atoms with Crippen LogP contribution in [-0.2, 0) is 10.0 Å². The van der Waals surface area contributed by atoms with Crippen LogP contribution >= 0.6 is 0 Å². The molecule has 0 bridgehead atoms. The molecule has 0 spiro atoms. The molecule has 1 heterocycles. The van der Waals surface area contributed by atoms with E-state index < -0.39 is 10.0 Å². The molecule has 1 aliphatic rings. The molecule has 0 aliphatic carbocycles. The smallest absolute Gasteiger partial charge is 0.232 e. The Morgan fingerprint density at radius 1 is 1.35 bits per heavy atom. The van der Waals surface area contributed by atoms with Gasteiger partial charge in [-0.2, -0.15) is 0 Å². The van der Waals surface area contributed by atoms with Gasteiger partial charge in [-0.05, 0) is 43.7 Å². The van der Waals surface area contributed by atoms with E-state index in [2.05, 4.69) is 10.0 Å². The zero-order valence-corrected chi connectivity index (χ0v) is 10.1. The summed E-state index contributed by atoms with van der Waals surface area (Å²) < 4.78 is 38.5. The first-order valence-corrected chi connectivity index (χ1v) is 7.20. The molecular weight excluding hydrogens is 243 g/mol. The molecule has 2 N–H and O–H groups in total. The van der Waals surface area contributed by atoms with Crippen molar-refractivity contribution >= 4 is 15.7 Å². The van der Waals surface area contributed by atoms with Crippen molar-refractivity contribution in [2.24, 2.45) is 0 Å². The Bertz CT molecular complexity index is 469. The summed E-state index contributed by atoms with van der Waals surface area (Å²) in [5.41, 5.74) is 0.396. The molecular formula is C11H15FN2O2S. The summed E-state index contributed by atoms with van der Waals surface area (Å²) in [6.45, 7) is 0.968. The Balaban J connectivity index is 1.89. The predicted molar refractivity (Wildman–Crippen MR) is 64.8 cm³/mol. The van der Waals surface area contributed by atoms with Gasteiger partial charge in [-0.15, -0.1) is 0 Å². The van der Waals surface area contributed by atoms with E-state index in [1.165, 1.54) is 24.3 Å². The van der Waals surface area contributed by atoms with Crippen molar-refractivity contribution in [3.63, 3.8) is 0 Å². The first-order valence-electron chi connectivity index (χ1n) is 5.55. The van der Waals surface area contributed by atoms with Gasteiger partial charge in [-0.1, -0.05) is 0 Å². The minimum absolute atomic E-state index is 0.0854. The van der Waals surface area contributed by atoms with Crippen molar-refractivity contribution in [2.75, 3.05) is 17.0 Å². The van der Waals surface area contributed by atoms with Gasteiger partial charge in [0.25, 0.3) is 0 Å². The second kappa shape index (κ2) is 5.01. The molecule has 1 atom stereocenters. The lowest BCUT2D eigenvalue weighted by molar-refractivity contribution is 0.362. The van der Waals surface area contributed by atoms with Crippen LogP contribution in [0.3, 0.4) is 0 Å². The second-order valence-corrected chi connectivity index (χ2v) is 6.00. The van der Waals surface area contributed by atoms with Gasteiger partial charge in [0, 0.05) is 11.7 Å². The SMILES string of the molecule is O=S(=O)(CCC1CCN1)Nc1ccc(F)cc1. The van der Waals surface area contributed by atoms with Crippen molar-refractivity contribution < 1.29 is 12.8 Å². The molecule has 1 aliphatic heterocycles. The average Bonchev–Trinajstić information content (AvgIpc) is 2.19. The van der Waals surface area contributed by atoms with Crippen molar-refractivity contribution in [2.45, 2.75) is 18.9 Å². The van der Waals surface area contributed by atoms with Crippen molar-refractivity contribution in [3.05, 3.63) is 30.1 Å². The Morgan fingerprint density at radius 3 is 2.53 bits per heavy atom. The molecule has 0 amide bonds. The lowest BCUT2D eigenvalue weighted by Crippen LogP contribution is -2.44. The molecule has 2 rings (SSSR count). The summed E-state index contributed by atoms with van der Waals surface area (Å²) in [5, 5.41) is 3.15. The minimum Gasteiger partial charge on any atom is -0.314 e. The third-order valence-corrected chi connectivity index (χ3v) is 4.10. The third-order valence-electron chi connectivity index (χ3n) is 2.78. The molecule has 0 saturated carbocycles. The minimum atomic E-state index is -3.33.